The number of piperidine rings is 1. The summed E-state index contributed by atoms with van der Waals surface area (Å²) in [5.74, 6) is -0.380. The monoisotopic (exact) mass is 411 g/mol. The molecule has 28 heavy (non-hydrogen) atoms. The molecule has 150 valence electrons. The molecule has 1 aliphatic rings. The number of hydrogen-bond donors (Lipinski definition) is 1. The van der Waals surface area contributed by atoms with E-state index in [1.165, 1.54) is 12.1 Å². The smallest absolute Gasteiger partial charge is 0.433 e. The van der Waals surface area contributed by atoms with E-state index in [1.54, 1.807) is 12.1 Å². The Balaban J connectivity index is 1.82. The number of rotatable bonds is 5. The number of benzene rings is 1. The predicted octanol–water partition coefficient (Wildman–Crippen LogP) is 4.86. The minimum Gasteiger partial charge on any atom is -0.478 e. The van der Waals surface area contributed by atoms with Crippen molar-refractivity contribution < 1.29 is 23.1 Å². The number of thioether (sulfide) groups is 1. The van der Waals surface area contributed by atoms with Crippen LogP contribution in [0.4, 0.5) is 19.0 Å². The van der Waals surface area contributed by atoms with Crippen molar-refractivity contribution in [1.29, 1.82) is 0 Å². The van der Waals surface area contributed by atoms with Gasteiger partial charge in [0.1, 0.15) is 5.82 Å². The molecule has 2 aromatic rings. The van der Waals surface area contributed by atoms with Gasteiger partial charge in [0.05, 0.1) is 5.56 Å². The molecule has 0 spiro atoms. The summed E-state index contributed by atoms with van der Waals surface area (Å²) in [6.07, 6.45) is -1.64. The third-order valence-corrected chi connectivity index (χ3v) is 5.57. The highest BCUT2D eigenvalue weighted by molar-refractivity contribution is 7.98. The molecule has 1 saturated heterocycles. The zero-order valence-electron chi connectivity index (χ0n) is 15.2. The highest BCUT2D eigenvalue weighted by Crippen LogP contribution is 2.33. The van der Waals surface area contributed by atoms with Gasteiger partial charge in [0, 0.05) is 24.4 Å². The number of alkyl halides is 3. The van der Waals surface area contributed by atoms with Gasteiger partial charge in [0.15, 0.2) is 10.9 Å². The molecule has 1 atom stereocenters. The minimum absolute atomic E-state index is 0.0601. The van der Waals surface area contributed by atoms with Crippen molar-refractivity contribution >= 4 is 23.5 Å². The summed E-state index contributed by atoms with van der Waals surface area (Å²) in [6, 6.07) is 7.35. The Morgan fingerprint density at radius 1 is 1.25 bits per heavy atom. The highest BCUT2D eigenvalue weighted by atomic mass is 32.2. The topological polar surface area (TPSA) is 66.3 Å². The lowest BCUT2D eigenvalue weighted by molar-refractivity contribution is -0.141. The molecule has 5 nitrogen and oxygen atoms in total. The Bertz CT molecular complexity index is 843. The van der Waals surface area contributed by atoms with Crippen molar-refractivity contribution in [3.63, 3.8) is 0 Å². The van der Waals surface area contributed by atoms with Gasteiger partial charge in [-0.3, -0.25) is 0 Å². The van der Waals surface area contributed by atoms with Crippen molar-refractivity contribution in [3.8, 4) is 0 Å². The number of aromatic carboxylic acids is 1. The Morgan fingerprint density at radius 3 is 2.57 bits per heavy atom. The maximum absolute atomic E-state index is 13.3. The Hall–Kier alpha value is -2.29. The third-order valence-electron chi connectivity index (χ3n) is 4.65. The van der Waals surface area contributed by atoms with E-state index in [9.17, 15) is 18.0 Å². The second-order valence-electron chi connectivity index (χ2n) is 6.72. The van der Waals surface area contributed by atoms with E-state index in [0.717, 1.165) is 42.7 Å². The lowest BCUT2D eigenvalue weighted by Crippen LogP contribution is -2.38. The standard InChI is InChI=1S/C19H20F3N3O2S/c1-12-4-2-3-9-25(12)16-10-15(19(20,21)22)23-18(24-16)28-11-13-5-7-14(8-6-13)17(26)27/h5-8,10,12H,2-4,9,11H2,1H3,(H,26,27). The van der Waals surface area contributed by atoms with Crippen LogP contribution in [0, 0.1) is 0 Å². The molecule has 2 heterocycles. The predicted molar refractivity (Wildman–Crippen MR) is 101 cm³/mol. The average Bonchev–Trinajstić information content (AvgIpc) is 2.66. The summed E-state index contributed by atoms with van der Waals surface area (Å²) in [7, 11) is 0. The Labute approximate surface area is 165 Å². The van der Waals surface area contributed by atoms with Crippen molar-refractivity contribution in [3.05, 3.63) is 47.2 Å². The van der Waals surface area contributed by atoms with Gasteiger partial charge >= 0.3 is 12.1 Å². The van der Waals surface area contributed by atoms with Gasteiger partial charge in [-0.05, 0) is 43.9 Å². The van der Waals surface area contributed by atoms with E-state index in [0.29, 0.717) is 18.1 Å². The van der Waals surface area contributed by atoms with Crippen molar-refractivity contribution in [2.45, 2.75) is 49.3 Å². The van der Waals surface area contributed by atoms with Crippen LogP contribution >= 0.6 is 11.8 Å². The van der Waals surface area contributed by atoms with E-state index >= 15 is 0 Å². The van der Waals surface area contributed by atoms with E-state index in [1.807, 2.05) is 11.8 Å². The second kappa shape index (κ2) is 8.38. The molecule has 9 heteroatoms. The molecular formula is C19H20F3N3O2S. The molecule has 1 aromatic carbocycles. The van der Waals surface area contributed by atoms with Crippen molar-refractivity contribution in [2.24, 2.45) is 0 Å². The normalized spacial score (nSPS) is 17.6. The quantitative estimate of drug-likeness (QED) is 0.560. The molecule has 1 N–H and O–H groups in total. The molecule has 0 aliphatic carbocycles. The first-order chi connectivity index (χ1) is 13.2. The number of halogens is 3. The number of hydrogen-bond acceptors (Lipinski definition) is 5. The molecule has 0 radical (unpaired) electrons. The highest BCUT2D eigenvalue weighted by Gasteiger charge is 2.35. The van der Waals surface area contributed by atoms with Crippen molar-refractivity contribution in [1.82, 2.24) is 9.97 Å². The number of nitrogens with zero attached hydrogens (tertiary/aromatic N) is 3. The molecule has 1 aromatic heterocycles. The zero-order valence-corrected chi connectivity index (χ0v) is 16.1. The lowest BCUT2D eigenvalue weighted by Gasteiger charge is -2.34. The maximum atomic E-state index is 13.3. The van der Waals surface area contributed by atoms with Crippen LogP contribution in [0.2, 0.25) is 0 Å². The molecule has 0 saturated carbocycles. The van der Waals surface area contributed by atoms with Crippen LogP contribution in [0.5, 0.6) is 0 Å². The van der Waals surface area contributed by atoms with Crippen molar-refractivity contribution in [2.75, 3.05) is 11.4 Å². The van der Waals surface area contributed by atoms with Gasteiger partial charge < -0.3 is 10.0 Å². The first kappa shape index (κ1) is 20.4. The number of carboxylic acid groups (broad SMARTS) is 1. The summed E-state index contributed by atoms with van der Waals surface area (Å²) in [5.41, 5.74) is -0.00616. The van der Waals surface area contributed by atoms with Gasteiger partial charge in [-0.2, -0.15) is 13.2 Å². The molecule has 1 unspecified atom stereocenters. The summed E-state index contributed by atoms with van der Waals surface area (Å²) >= 11 is 1.10. The first-order valence-corrected chi connectivity index (χ1v) is 9.90. The fourth-order valence-corrected chi connectivity index (χ4v) is 3.91. The molecule has 0 bridgehead atoms. The zero-order chi connectivity index (χ0) is 20.3. The van der Waals surface area contributed by atoms with Gasteiger partial charge in [0.2, 0.25) is 0 Å². The molecule has 3 rings (SSSR count). The number of carbonyl (C=O) groups is 1. The van der Waals surface area contributed by atoms with E-state index in [2.05, 4.69) is 9.97 Å². The molecule has 1 fully saturated rings. The molecular weight excluding hydrogens is 391 g/mol. The van der Waals surface area contributed by atoms with Gasteiger partial charge in [-0.1, -0.05) is 23.9 Å². The fourth-order valence-electron chi connectivity index (χ4n) is 3.10. The maximum Gasteiger partial charge on any atom is 0.433 e. The minimum atomic E-state index is -4.55. The van der Waals surface area contributed by atoms with Crippen LogP contribution < -0.4 is 4.90 Å². The van der Waals surface area contributed by atoms with E-state index in [-0.39, 0.29) is 16.8 Å². The average molecular weight is 411 g/mol. The summed E-state index contributed by atoms with van der Waals surface area (Å²) in [6.45, 7) is 2.67. The number of aromatic nitrogens is 2. The van der Waals surface area contributed by atoms with Crippen LogP contribution in [0.25, 0.3) is 0 Å². The summed E-state index contributed by atoms with van der Waals surface area (Å²) in [4.78, 5) is 20.9. The van der Waals surface area contributed by atoms with Crippen LogP contribution in [0.3, 0.4) is 0 Å². The number of carboxylic acids is 1. The van der Waals surface area contributed by atoms with E-state index < -0.39 is 17.8 Å². The van der Waals surface area contributed by atoms with Gasteiger partial charge in [-0.15, -0.1) is 0 Å². The Morgan fingerprint density at radius 2 is 1.96 bits per heavy atom. The van der Waals surface area contributed by atoms with Gasteiger partial charge in [0.25, 0.3) is 0 Å². The lowest BCUT2D eigenvalue weighted by atomic mass is 10.0. The third kappa shape index (κ3) is 4.95. The second-order valence-corrected chi connectivity index (χ2v) is 7.66. The summed E-state index contributed by atoms with van der Waals surface area (Å²) < 4.78 is 40.0. The number of anilines is 1. The molecule has 1 aliphatic heterocycles. The summed E-state index contributed by atoms with van der Waals surface area (Å²) in [5, 5.41) is 8.99. The van der Waals surface area contributed by atoms with Gasteiger partial charge in [-0.25, -0.2) is 14.8 Å². The largest absolute Gasteiger partial charge is 0.478 e. The van der Waals surface area contributed by atoms with Crippen LogP contribution in [0.15, 0.2) is 35.5 Å². The fraction of sp³-hybridized carbons (Fsp3) is 0.421. The van der Waals surface area contributed by atoms with Crippen LogP contribution in [0.1, 0.15) is 47.8 Å². The first-order valence-electron chi connectivity index (χ1n) is 8.92. The SMILES string of the molecule is CC1CCCCN1c1cc(C(F)(F)F)nc(SCc2ccc(C(=O)O)cc2)n1. The van der Waals surface area contributed by atoms with Crippen LogP contribution in [-0.2, 0) is 11.9 Å². The van der Waals surface area contributed by atoms with Crippen LogP contribution in [-0.4, -0.2) is 33.6 Å². The molecule has 0 amide bonds. The van der Waals surface area contributed by atoms with E-state index in [4.69, 9.17) is 5.11 Å². The Kier molecular flexibility index (Phi) is 6.12.